The monoisotopic (exact) mass is 360 g/mol. The molecule has 2 aromatic carbocycles. The maximum Gasteiger partial charge on any atom is 0.418 e. The second kappa shape index (κ2) is 7.07. The first-order valence-electron chi connectivity index (χ1n) is 8.89. The van der Waals surface area contributed by atoms with E-state index in [-0.39, 0.29) is 0 Å². The molecule has 0 aliphatic carbocycles. The summed E-state index contributed by atoms with van der Waals surface area (Å²) in [7, 11) is 0. The molecule has 136 valence electrons. The van der Waals surface area contributed by atoms with Gasteiger partial charge in [-0.05, 0) is 24.1 Å². The SMILES string of the molecule is CC(C)Cn1cnc2c(NC(=O)Oc3ccccc3)nc3ccccc3c21. The van der Waals surface area contributed by atoms with Crippen molar-refractivity contribution in [2.24, 2.45) is 5.92 Å². The average molecular weight is 360 g/mol. The zero-order valence-electron chi connectivity index (χ0n) is 15.2. The molecule has 0 unspecified atom stereocenters. The van der Waals surface area contributed by atoms with Gasteiger partial charge in [0, 0.05) is 11.9 Å². The van der Waals surface area contributed by atoms with Gasteiger partial charge in [-0.25, -0.2) is 14.8 Å². The smallest absolute Gasteiger partial charge is 0.410 e. The predicted octanol–water partition coefficient (Wildman–Crippen LogP) is 4.85. The summed E-state index contributed by atoms with van der Waals surface area (Å²) in [5, 5.41) is 3.75. The summed E-state index contributed by atoms with van der Waals surface area (Å²) in [6.45, 7) is 5.15. The van der Waals surface area contributed by atoms with E-state index in [0.29, 0.717) is 23.0 Å². The van der Waals surface area contributed by atoms with Gasteiger partial charge in [-0.15, -0.1) is 0 Å². The van der Waals surface area contributed by atoms with Crippen LogP contribution in [0.15, 0.2) is 60.9 Å². The molecule has 0 aliphatic heterocycles. The number of nitrogens with zero attached hydrogens (tertiary/aromatic N) is 3. The molecule has 27 heavy (non-hydrogen) atoms. The summed E-state index contributed by atoms with van der Waals surface area (Å²) in [6.07, 6.45) is 1.20. The molecule has 0 fully saturated rings. The van der Waals surface area contributed by atoms with Crippen molar-refractivity contribution < 1.29 is 9.53 Å². The number of ether oxygens (including phenoxy) is 1. The Morgan fingerprint density at radius 2 is 1.85 bits per heavy atom. The minimum absolute atomic E-state index is 0.395. The van der Waals surface area contributed by atoms with E-state index < -0.39 is 6.09 Å². The number of benzene rings is 2. The quantitative estimate of drug-likeness (QED) is 0.565. The van der Waals surface area contributed by atoms with E-state index in [0.717, 1.165) is 23.0 Å². The summed E-state index contributed by atoms with van der Waals surface area (Å²) in [5.41, 5.74) is 2.41. The lowest BCUT2D eigenvalue weighted by atomic mass is 10.1. The predicted molar refractivity (Wildman–Crippen MR) is 106 cm³/mol. The molecule has 0 saturated heterocycles. The van der Waals surface area contributed by atoms with Gasteiger partial charge in [-0.2, -0.15) is 0 Å². The van der Waals surface area contributed by atoms with E-state index in [4.69, 9.17) is 4.74 Å². The van der Waals surface area contributed by atoms with Crippen LogP contribution in [-0.4, -0.2) is 20.6 Å². The molecule has 6 nitrogen and oxygen atoms in total. The number of fused-ring (bicyclic) bond motifs is 3. The van der Waals surface area contributed by atoms with Gasteiger partial charge in [0.15, 0.2) is 5.82 Å². The maximum absolute atomic E-state index is 12.3. The first-order chi connectivity index (χ1) is 13.1. The molecule has 4 rings (SSSR count). The molecular formula is C21H20N4O2. The Kier molecular flexibility index (Phi) is 4.46. The molecule has 0 spiro atoms. The van der Waals surface area contributed by atoms with Crippen molar-refractivity contribution in [1.29, 1.82) is 0 Å². The molecule has 0 atom stereocenters. The number of anilines is 1. The highest BCUT2D eigenvalue weighted by Gasteiger charge is 2.17. The van der Waals surface area contributed by atoms with Gasteiger partial charge in [0.2, 0.25) is 0 Å². The Balaban J connectivity index is 1.75. The number of imidazole rings is 1. The molecule has 0 radical (unpaired) electrons. The topological polar surface area (TPSA) is 69.0 Å². The standard InChI is InChI=1S/C21H20N4O2/c1-14(2)12-25-13-22-18-19(25)16-10-6-7-11-17(16)23-20(18)24-21(26)27-15-8-4-3-5-9-15/h3-11,13-14H,12H2,1-2H3,(H,23,24,26). The van der Waals surface area contributed by atoms with Gasteiger partial charge in [0.25, 0.3) is 0 Å². The van der Waals surface area contributed by atoms with Crippen LogP contribution in [0.1, 0.15) is 13.8 Å². The summed E-state index contributed by atoms with van der Waals surface area (Å²) >= 11 is 0. The Bertz CT molecular complexity index is 1100. The summed E-state index contributed by atoms with van der Waals surface area (Å²) in [6, 6.07) is 16.8. The molecule has 4 aromatic rings. The third kappa shape index (κ3) is 3.46. The van der Waals surface area contributed by atoms with Gasteiger partial charge in [-0.3, -0.25) is 5.32 Å². The summed E-state index contributed by atoms with van der Waals surface area (Å²) in [5.74, 6) is 1.33. The number of rotatable bonds is 4. The number of nitrogens with one attached hydrogen (secondary N) is 1. The number of carbonyl (C=O) groups is 1. The number of carbonyl (C=O) groups excluding carboxylic acids is 1. The minimum Gasteiger partial charge on any atom is -0.410 e. The van der Waals surface area contributed by atoms with E-state index >= 15 is 0 Å². The Labute approximate surface area is 156 Å². The summed E-state index contributed by atoms with van der Waals surface area (Å²) < 4.78 is 7.43. The van der Waals surface area contributed by atoms with E-state index in [1.807, 2.05) is 42.5 Å². The van der Waals surface area contributed by atoms with Gasteiger partial charge < -0.3 is 9.30 Å². The van der Waals surface area contributed by atoms with Crippen LogP contribution in [0.25, 0.3) is 21.9 Å². The molecule has 0 bridgehead atoms. The molecule has 6 heteroatoms. The van der Waals surface area contributed by atoms with Crippen LogP contribution >= 0.6 is 0 Å². The lowest BCUT2D eigenvalue weighted by Crippen LogP contribution is -2.18. The fourth-order valence-electron chi connectivity index (χ4n) is 3.12. The lowest BCUT2D eigenvalue weighted by molar-refractivity contribution is 0.215. The Morgan fingerprint density at radius 3 is 2.63 bits per heavy atom. The second-order valence-corrected chi connectivity index (χ2v) is 6.79. The molecular weight excluding hydrogens is 340 g/mol. The highest BCUT2D eigenvalue weighted by Crippen LogP contribution is 2.29. The lowest BCUT2D eigenvalue weighted by Gasteiger charge is -2.11. The maximum atomic E-state index is 12.3. The fourth-order valence-corrected chi connectivity index (χ4v) is 3.12. The van der Waals surface area contributed by atoms with Crippen LogP contribution in [0.3, 0.4) is 0 Å². The second-order valence-electron chi connectivity index (χ2n) is 6.79. The van der Waals surface area contributed by atoms with Crippen LogP contribution in [0.4, 0.5) is 10.6 Å². The molecule has 1 N–H and O–H groups in total. The largest absolute Gasteiger partial charge is 0.418 e. The van der Waals surface area contributed by atoms with E-state index in [1.54, 1.807) is 18.5 Å². The number of aromatic nitrogens is 3. The molecule has 2 aromatic heterocycles. The van der Waals surface area contributed by atoms with Crippen molar-refractivity contribution >= 4 is 33.8 Å². The van der Waals surface area contributed by atoms with Crippen molar-refractivity contribution in [1.82, 2.24) is 14.5 Å². The normalized spacial score (nSPS) is 11.2. The van der Waals surface area contributed by atoms with E-state index in [1.165, 1.54) is 0 Å². The van der Waals surface area contributed by atoms with Crippen LogP contribution in [0.5, 0.6) is 5.75 Å². The fraction of sp³-hybridized carbons (Fsp3) is 0.190. The Morgan fingerprint density at radius 1 is 1.11 bits per heavy atom. The number of amides is 1. The molecule has 2 heterocycles. The molecule has 0 aliphatic rings. The average Bonchev–Trinajstić information content (AvgIpc) is 3.06. The van der Waals surface area contributed by atoms with Gasteiger partial charge in [0.05, 0.1) is 17.4 Å². The van der Waals surface area contributed by atoms with Crippen molar-refractivity contribution in [2.75, 3.05) is 5.32 Å². The number of pyridine rings is 1. The zero-order chi connectivity index (χ0) is 18.8. The van der Waals surface area contributed by atoms with Crippen LogP contribution in [0.2, 0.25) is 0 Å². The van der Waals surface area contributed by atoms with E-state index in [9.17, 15) is 4.79 Å². The van der Waals surface area contributed by atoms with Crippen molar-refractivity contribution in [2.45, 2.75) is 20.4 Å². The molecule has 1 amide bonds. The van der Waals surface area contributed by atoms with Crippen LogP contribution in [0, 0.1) is 5.92 Å². The third-order valence-electron chi connectivity index (χ3n) is 4.19. The minimum atomic E-state index is -0.594. The van der Waals surface area contributed by atoms with Crippen LogP contribution < -0.4 is 10.1 Å². The van der Waals surface area contributed by atoms with Crippen molar-refractivity contribution in [3.8, 4) is 5.75 Å². The van der Waals surface area contributed by atoms with Gasteiger partial charge in [0.1, 0.15) is 11.3 Å². The van der Waals surface area contributed by atoms with Crippen molar-refractivity contribution in [3.63, 3.8) is 0 Å². The molecule has 0 saturated carbocycles. The highest BCUT2D eigenvalue weighted by molar-refractivity contribution is 6.08. The Hall–Kier alpha value is -3.41. The number of para-hydroxylation sites is 2. The highest BCUT2D eigenvalue weighted by atomic mass is 16.6. The first-order valence-corrected chi connectivity index (χ1v) is 8.89. The first kappa shape index (κ1) is 17.0. The summed E-state index contributed by atoms with van der Waals surface area (Å²) in [4.78, 5) is 21.4. The van der Waals surface area contributed by atoms with Crippen molar-refractivity contribution in [3.05, 3.63) is 60.9 Å². The third-order valence-corrected chi connectivity index (χ3v) is 4.19. The van der Waals surface area contributed by atoms with Gasteiger partial charge >= 0.3 is 6.09 Å². The van der Waals surface area contributed by atoms with Gasteiger partial charge in [-0.1, -0.05) is 50.2 Å². The van der Waals surface area contributed by atoms with E-state index in [2.05, 4.69) is 33.7 Å². The zero-order valence-corrected chi connectivity index (χ0v) is 15.2. The number of hydrogen-bond acceptors (Lipinski definition) is 4. The number of hydrogen-bond donors (Lipinski definition) is 1. The van der Waals surface area contributed by atoms with Crippen LogP contribution in [-0.2, 0) is 6.54 Å².